The van der Waals surface area contributed by atoms with Gasteiger partial charge in [0.2, 0.25) is 11.8 Å². The number of rotatable bonds is 6. The summed E-state index contributed by atoms with van der Waals surface area (Å²) in [6.07, 6.45) is -0.0313. The Kier molecular flexibility index (Phi) is 6.58. The van der Waals surface area contributed by atoms with E-state index in [9.17, 15) is 14.4 Å². The molecule has 1 aliphatic rings. The molecular weight excluding hydrogens is 422 g/mol. The van der Waals surface area contributed by atoms with Gasteiger partial charge in [0.15, 0.2) is 0 Å². The minimum Gasteiger partial charge on any atom is -0.495 e. The summed E-state index contributed by atoms with van der Waals surface area (Å²) >= 11 is 0. The normalized spacial score (nSPS) is 14.7. The van der Waals surface area contributed by atoms with Gasteiger partial charge in [-0.05, 0) is 25.1 Å². The summed E-state index contributed by atoms with van der Waals surface area (Å²) in [7, 11) is 1.65. The minimum atomic E-state index is -0.663. The Balaban J connectivity index is 1.34. The number of benzene rings is 2. The first-order valence-electron chi connectivity index (χ1n) is 10.9. The number of hydrogen-bond acceptors (Lipinski definition) is 6. The number of aromatic nitrogens is 2. The monoisotopic (exact) mass is 449 g/mol. The molecule has 0 bridgehead atoms. The van der Waals surface area contributed by atoms with Gasteiger partial charge < -0.3 is 19.9 Å². The average molecular weight is 450 g/mol. The summed E-state index contributed by atoms with van der Waals surface area (Å²) in [6.45, 7) is 4.16. The summed E-state index contributed by atoms with van der Waals surface area (Å²) in [5, 5.41) is 10.3. The Morgan fingerprint density at radius 1 is 1.06 bits per heavy atom. The third-order valence-corrected chi connectivity index (χ3v) is 5.87. The molecule has 0 saturated carbocycles. The van der Waals surface area contributed by atoms with E-state index in [0.717, 1.165) is 11.4 Å². The standard InChI is InChI=1S/C24H27N5O4/c1-16(25-22(30)15-19-17-7-3-4-8-18(17)23(31)27-26-19)24(32)29-13-11-28(12-14-29)20-9-5-6-10-21(20)33-2/h3-10,16H,11-15H2,1-2H3,(H,25,30)(H,27,31)/t16-/m1/s1. The maximum Gasteiger partial charge on any atom is 0.272 e. The summed E-state index contributed by atoms with van der Waals surface area (Å²) in [4.78, 5) is 41.4. The van der Waals surface area contributed by atoms with Gasteiger partial charge in [-0.3, -0.25) is 14.4 Å². The molecular formula is C24H27N5O4. The van der Waals surface area contributed by atoms with Crippen LogP contribution in [0.15, 0.2) is 53.3 Å². The van der Waals surface area contributed by atoms with E-state index in [0.29, 0.717) is 42.6 Å². The molecule has 2 heterocycles. The Morgan fingerprint density at radius 3 is 2.45 bits per heavy atom. The molecule has 1 saturated heterocycles. The molecule has 2 aromatic carbocycles. The Morgan fingerprint density at radius 2 is 1.73 bits per heavy atom. The molecule has 9 nitrogen and oxygen atoms in total. The quantitative estimate of drug-likeness (QED) is 0.588. The largest absolute Gasteiger partial charge is 0.495 e. The molecule has 172 valence electrons. The Labute approximate surface area is 191 Å². The van der Waals surface area contributed by atoms with Crippen molar-refractivity contribution < 1.29 is 14.3 Å². The van der Waals surface area contributed by atoms with Gasteiger partial charge in [0, 0.05) is 31.6 Å². The van der Waals surface area contributed by atoms with Crippen LogP contribution in [0.1, 0.15) is 12.6 Å². The molecule has 0 unspecified atom stereocenters. The number of nitrogens with one attached hydrogen (secondary N) is 2. The molecule has 1 aliphatic heterocycles. The number of para-hydroxylation sites is 2. The van der Waals surface area contributed by atoms with E-state index in [-0.39, 0.29) is 23.8 Å². The third kappa shape index (κ3) is 4.82. The summed E-state index contributed by atoms with van der Waals surface area (Å²) < 4.78 is 5.44. The second-order valence-electron chi connectivity index (χ2n) is 8.00. The van der Waals surface area contributed by atoms with Crippen LogP contribution >= 0.6 is 0 Å². The van der Waals surface area contributed by atoms with E-state index in [4.69, 9.17) is 4.74 Å². The number of H-pyrrole nitrogens is 1. The van der Waals surface area contributed by atoms with Crippen LogP contribution in [-0.4, -0.2) is 66.2 Å². The highest BCUT2D eigenvalue weighted by atomic mass is 16.5. The zero-order valence-electron chi connectivity index (χ0n) is 18.7. The zero-order valence-corrected chi connectivity index (χ0v) is 18.7. The number of fused-ring (bicyclic) bond motifs is 1. The lowest BCUT2D eigenvalue weighted by Crippen LogP contribution is -2.54. The van der Waals surface area contributed by atoms with Crippen molar-refractivity contribution in [2.45, 2.75) is 19.4 Å². The molecule has 1 atom stereocenters. The van der Waals surface area contributed by atoms with Crippen molar-refractivity contribution in [1.29, 1.82) is 0 Å². The number of carbonyl (C=O) groups excluding carboxylic acids is 2. The number of piperazine rings is 1. The predicted octanol–water partition coefficient (Wildman–Crippen LogP) is 1.33. The maximum absolute atomic E-state index is 12.9. The fraction of sp³-hybridized carbons (Fsp3) is 0.333. The lowest BCUT2D eigenvalue weighted by Gasteiger charge is -2.37. The van der Waals surface area contributed by atoms with Crippen molar-refractivity contribution in [2.24, 2.45) is 0 Å². The summed E-state index contributed by atoms with van der Waals surface area (Å²) in [6, 6.07) is 14.2. The molecule has 4 rings (SSSR count). The predicted molar refractivity (Wildman–Crippen MR) is 125 cm³/mol. The molecule has 0 aliphatic carbocycles. The van der Waals surface area contributed by atoms with Crippen molar-refractivity contribution in [3.05, 3.63) is 64.6 Å². The molecule has 1 fully saturated rings. The maximum atomic E-state index is 12.9. The molecule has 2 amide bonds. The lowest BCUT2D eigenvalue weighted by atomic mass is 10.1. The van der Waals surface area contributed by atoms with Gasteiger partial charge in [-0.25, -0.2) is 5.10 Å². The van der Waals surface area contributed by atoms with E-state index in [1.54, 1.807) is 43.2 Å². The summed E-state index contributed by atoms with van der Waals surface area (Å²) in [5.74, 6) is 0.358. The average Bonchev–Trinajstić information content (AvgIpc) is 2.85. The molecule has 33 heavy (non-hydrogen) atoms. The molecule has 1 aromatic heterocycles. The highest BCUT2D eigenvalue weighted by molar-refractivity contribution is 5.91. The van der Waals surface area contributed by atoms with Gasteiger partial charge in [0.1, 0.15) is 11.8 Å². The van der Waals surface area contributed by atoms with E-state index >= 15 is 0 Å². The van der Waals surface area contributed by atoms with Crippen molar-refractivity contribution in [1.82, 2.24) is 20.4 Å². The fourth-order valence-electron chi connectivity index (χ4n) is 4.15. The first-order valence-corrected chi connectivity index (χ1v) is 10.9. The fourth-order valence-corrected chi connectivity index (χ4v) is 4.15. The number of ether oxygens (including phenoxy) is 1. The number of anilines is 1. The number of aromatic amines is 1. The molecule has 3 aromatic rings. The number of carbonyl (C=O) groups is 2. The van der Waals surface area contributed by atoms with E-state index < -0.39 is 6.04 Å². The first-order chi connectivity index (χ1) is 16.0. The van der Waals surface area contributed by atoms with Gasteiger partial charge in [0.25, 0.3) is 5.56 Å². The summed E-state index contributed by atoms with van der Waals surface area (Å²) in [5.41, 5.74) is 1.17. The van der Waals surface area contributed by atoms with Crippen LogP contribution in [0.3, 0.4) is 0 Å². The van der Waals surface area contributed by atoms with Crippen molar-refractivity contribution in [3.63, 3.8) is 0 Å². The highest BCUT2D eigenvalue weighted by Crippen LogP contribution is 2.28. The van der Waals surface area contributed by atoms with E-state index in [1.807, 2.05) is 24.3 Å². The number of hydrogen-bond donors (Lipinski definition) is 2. The Bertz CT molecular complexity index is 1220. The second-order valence-corrected chi connectivity index (χ2v) is 8.00. The van der Waals surface area contributed by atoms with Gasteiger partial charge in [-0.2, -0.15) is 5.10 Å². The van der Waals surface area contributed by atoms with Crippen LogP contribution in [0.5, 0.6) is 5.75 Å². The van der Waals surface area contributed by atoms with Gasteiger partial charge in [0.05, 0.1) is 30.3 Å². The number of methoxy groups -OCH3 is 1. The van der Waals surface area contributed by atoms with Crippen molar-refractivity contribution >= 4 is 28.3 Å². The third-order valence-electron chi connectivity index (χ3n) is 5.87. The van der Waals surface area contributed by atoms with Crippen LogP contribution in [0.4, 0.5) is 5.69 Å². The minimum absolute atomic E-state index is 0.0313. The lowest BCUT2D eigenvalue weighted by molar-refractivity contribution is -0.136. The number of nitrogens with zero attached hydrogens (tertiary/aromatic N) is 3. The van der Waals surface area contributed by atoms with Crippen LogP contribution in [0.2, 0.25) is 0 Å². The topological polar surface area (TPSA) is 108 Å². The SMILES string of the molecule is COc1ccccc1N1CCN(C(=O)[C@@H](C)NC(=O)Cc2n[nH]c(=O)c3ccccc23)CC1. The van der Waals surface area contributed by atoms with Crippen LogP contribution in [0, 0.1) is 0 Å². The van der Waals surface area contributed by atoms with E-state index in [2.05, 4.69) is 20.4 Å². The molecule has 0 radical (unpaired) electrons. The van der Waals surface area contributed by atoms with Crippen molar-refractivity contribution in [3.8, 4) is 5.75 Å². The van der Waals surface area contributed by atoms with Gasteiger partial charge in [-0.1, -0.05) is 30.3 Å². The van der Waals surface area contributed by atoms with Crippen LogP contribution in [0.25, 0.3) is 10.8 Å². The number of amides is 2. The first kappa shape index (κ1) is 22.3. The second kappa shape index (κ2) is 9.72. The smallest absolute Gasteiger partial charge is 0.272 e. The molecule has 0 spiro atoms. The van der Waals surface area contributed by atoms with Gasteiger partial charge in [-0.15, -0.1) is 0 Å². The van der Waals surface area contributed by atoms with Crippen molar-refractivity contribution in [2.75, 3.05) is 38.2 Å². The zero-order chi connectivity index (χ0) is 23.4. The Hall–Kier alpha value is -3.88. The van der Waals surface area contributed by atoms with Crippen LogP contribution < -0.4 is 20.5 Å². The molecule has 2 N–H and O–H groups in total. The highest BCUT2D eigenvalue weighted by Gasteiger charge is 2.27. The molecule has 9 heteroatoms. The van der Waals surface area contributed by atoms with Gasteiger partial charge >= 0.3 is 0 Å². The van der Waals surface area contributed by atoms with E-state index in [1.165, 1.54) is 0 Å². The van der Waals surface area contributed by atoms with Crippen LogP contribution in [-0.2, 0) is 16.0 Å².